The molecule has 0 unspecified atom stereocenters. The first-order chi connectivity index (χ1) is 9.20. The Morgan fingerprint density at radius 1 is 1.20 bits per heavy atom. The summed E-state index contributed by atoms with van der Waals surface area (Å²) in [7, 11) is 0. The molecule has 2 heterocycles. The molecule has 0 aliphatic heterocycles. The molecule has 0 aromatic carbocycles. The molecule has 1 N–H and O–H groups in total. The average Bonchev–Trinajstić information content (AvgIpc) is 2.77. The number of aromatic carboxylic acids is 1. The van der Waals surface area contributed by atoms with Crippen molar-refractivity contribution in [2.24, 2.45) is 0 Å². The zero-order valence-corrected chi connectivity index (χ0v) is 10.4. The molecule has 0 aliphatic carbocycles. The highest BCUT2D eigenvalue weighted by atomic mass is 19.4. The van der Waals surface area contributed by atoms with E-state index in [1.807, 2.05) is 0 Å². The first-order valence-corrected chi connectivity index (χ1v) is 5.41. The molecule has 0 bridgehead atoms. The van der Waals surface area contributed by atoms with Crippen molar-refractivity contribution in [1.29, 1.82) is 0 Å². The minimum absolute atomic E-state index is 0.119. The van der Waals surface area contributed by atoms with E-state index in [2.05, 4.69) is 15.2 Å². The van der Waals surface area contributed by atoms with Crippen LogP contribution >= 0.6 is 0 Å². The smallest absolute Gasteiger partial charge is 0.418 e. The SMILES string of the molecule is Cc1nnc(-n2cc(C(=O)O)c(C(F)(F)F)c2)nc1C. The van der Waals surface area contributed by atoms with Crippen LogP contribution in [0.5, 0.6) is 0 Å². The van der Waals surface area contributed by atoms with Crippen molar-refractivity contribution in [3.05, 3.63) is 34.9 Å². The number of carboxylic acids is 1. The molecule has 9 heteroatoms. The Hall–Kier alpha value is -2.45. The van der Waals surface area contributed by atoms with Gasteiger partial charge in [0.2, 0.25) is 0 Å². The molecule has 2 aromatic heterocycles. The normalized spacial score (nSPS) is 11.7. The predicted octanol–water partition coefficient (Wildman–Crippen LogP) is 2.00. The number of alkyl halides is 3. The van der Waals surface area contributed by atoms with Crippen molar-refractivity contribution in [3.63, 3.8) is 0 Å². The van der Waals surface area contributed by atoms with Crippen molar-refractivity contribution >= 4 is 5.97 Å². The van der Waals surface area contributed by atoms with Gasteiger partial charge < -0.3 is 5.11 Å². The molecule has 0 amide bonds. The number of halogens is 3. The summed E-state index contributed by atoms with van der Waals surface area (Å²) in [5.74, 6) is -1.79. The second-order valence-corrected chi connectivity index (χ2v) is 4.08. The van der Waals surface area contributed by atoms with Crippen LogP contribution in [0.25, 0.3) is 5.95 Å². The Bertz CT molecular complexity index is 679. The van der Waals surface area contributed by atoms with Crippen LogP contribution in [0.2, 0.25) is 0 Å². The summed E-state index contributed by atoms with van der Waals surface area (Å²) in [4.78, 5) is 14.8. The van der Waals surface area contributed by atoms with Crippen LogP contribution in [0, 0.1) is 13.8 Å². The number of aromatic nitrogens is 4. The number of carboxylic acid groups (broad SMARTS) is 1. The highest BCUT2D eigenvalue weighted by Gasteiger charge is 2.37. The maximum absolute atomic E-state index is 12.7. The lowest BCUT2D eigenvalue weighted by atomic mass is 10.2. The maximum atomic E-state index is 12.7. The first-order valence-electron chi connectivity index (χ1n) is 5.41. The van der Waals surface area contributed by atoms with Gasteiger partial charge in [0.1, 0.15) is 0 Å². The van der Waals surface area contributed by atoms with E-state index >= 15 is 0 Å². The monoisotopic (exact) mass is 286 g/mol. The molecule has 0 aliphatic rings. The lowest BCUT2D eigenvalue weighted by molar-refractivity contribution is -0.138. The quantitative estimate of drug-likeness (QED) is 0.913. The Morgan fingerprint density at radius 2 is 1.85 bits per heavy atom. The van der Waals surface area contributed by atoms with Gasteiger partial charge >= 0.3 is 12.1 Å². The number of nitrogens with zero attached hydrogens (tertiary/aromatic N) is 4. The summed E-state index contributed by atoms with van der Waals surface area (Å²) in [5.41, 5.74) is -1.09. The van der Waals surface area contributed by atoms with Crippen LogP contribution in [0.15, 0.2) is 12.4 Å². The number of rotatable bonds is 2. The van der Waals surface area contributed by atoms with Crippen LogP contribution in [-0.2, 0) is 6.18 Å². The second-order valence-electron chi connectivity index (χ2n) is 4.08. The van der Waals surface area contributed by atoms with Gasteiger partial charge in [-0.25, -0.2) is 9.78 Å². The van der Waals surface area contributed by atoms with Crippen LogP contribution < -0.4 is 0 Å². The third-order valence-electron chi connectivity index (χ3n) is 2.67. The van der Waals surface area contributed by atoms with E-state index in [1.54, 1.807) is 13.8 Å². The second kappa shape index (κ2) is 4.58. The Kier molecular flexibility index (Phi) is 3.20. The lowest BCUT2D eigenvalue weighted by Crippen LogP contribution is -2.09. The number of carbonyl (C=O) groups is 1. The average molecular weight is 286 g/mol. The van der Waals surface area contributed by atoms with E-state index in [0.717, 1.165) is 10.8 Å². The number of aryl methyl sites for hydroxylation is 2. The fourth-order valence-electron chi connectivity index (χ4n) is 1.52. The summed E-state index contributed by atoms with van der Waals surface area (Å²) >= 11 is 0. The van der Waals surface area contributed by atoms with Gasteiger partial charge in [0, 0.05) is 12.4 Å². The van der Waals surface area contributed by atoms with Crippen LogP contribution in [0.1, 0.15) is 27.3 Å². The molecule has 20 heavy (non-hydrogen) atoms. The highest BCUT2D eigenvalue weighted by Crippen LogP contribution is 2.33. The van der Waals surface area contributed by atoms with Crippen molar-refractivity contribution in [2.45, 2.75) is 20.0 Å². The van der Waals surface area contributed by atoms with E-state index in [1.165, 1.54) is 0 Å². The zero-order valence-electron chi connectivity index (χ0n) is 10.4. The summed E-state index contributed by atoms with van der Waals surface area (Å²) in [5, 5.41) is 16.2. The Morgan fingerprint density at radius 3 is 2.30 bits per heavy atom. The van der Waals surface area contributed by atoms with Crippen molar-refractivity contribution in [2.75, 3.05) is 0 Å². The summed E-state index contributed by atoms with van der Waals surface area (Å²) in [6.07, 6.45) is -3.32. The molecular weight excluding hydrogens is 277 g/mol. The van der Waals surface area contributed by atoms with Crippen LogP contribution in [-0.4, -0.2) is 30.8 Å². The molecule has 0 fully saturated rings. The topological polar surface area (TPSA) is 80.9 Å². The van der Waals surface area contributed by atoms with Gasteiger partial charge in [0.05, 0.1) is 22.5 Å². The zero-order chi connectivity index (χ0) is 15.1. The van der Waals surface area contributed by atoms with E-state index in [0.29, 0.717) is 17.6 Å². The number of hydrogen-bond donors (Lipinski definition) is 1. The fourth-order valence-corrected chi connectivity index (χ4v) is 1.52. The third-order valence-corrected chi connectivity index (χ3v) is 2.67. The van der Waals surface area contributed by atoms with Crippen LogP contribution in [0.3, 0.4) is 0 Å². The summed E-state index contributed by atoms with van der Waals surface area (Å²) < 4.78 is 39.1. The van der Waals surface area contributed by atoms with Crippen molar-refractivity contribution < 1.29 is 23.1 Å². The molecule has 0 saturated carbocycles. The minimum atomic E-state index is -4.77. The van der Waals surface area contributed by atoms with Gasteiger partial charge in [0.15, 0.2) is 0 Å². The van der Waals surface area contributed by atoms with Gasteiger partial charge in [-0.1, -0.05) is 0 Å². The Labute approximate surface area is 110 Å². The first kappa shape index (κ1) is 14.0. The molecule has 0 radical (unpaired) electrons. The van der Waals surface area contributed by atoms with Gasteiger partial charge in [-0.2, -0.15) is 18.3 Å². The molecular formula is C11H9F3N4O2. The van der Waals surface area contributed by atoms with E-state index < -0.39 is 23.3 Å². The lowest BCUT2D eigenvalue weighted by Gasteiger charge is -2.04. The third kappa shape index (κ3) is 2.46. The van der Waals surface area contributed by atoms with Crippen molar-refractivity contribution in [1.82, 2.24) is 19.7 Å². The number of hydrogen-bond acceptors (Lipinski definition) is 4. The van der Waals surface area contributed by atoms with E-state index in [9.17, 15) is 18.0 Å². The summed E-state index contributed by atoms with van der Waals surface area (Å²) in [6.45, 7) is 3.28. The predicted molar refractivity (Wildman–Crippen MR) is 60.6 cm³/mol. The molecule has 2 aromatic rings. The minimum Gasteiger partial charge on any atom is -0.478 e. The van der Waals surface area contributed by atoms with Gasteiger partial charge in [-0.3, -0.25) is 4.57 Å². The van der Waals surface area contributed by atoms with Gasteiger partial charge in [0.25, 0.3) is 5.95 Å². The van der Waals surface area contributed by atoms with E-state index in [4.69, 9.17) is 5.11 Å². The standard InChI is InChI=1S/C11H9F3N4O2/c1-5-6(2)16-17-10(15-5)18-3-7(9(19)20)8(4-18)11(12,13)14/h3-4H,1-2H3,(H,19,20). The molecule has 0 saturated heterocycles. The maximum Gasteiger partial charge on any atom is 0.418 e. The molecule has 6 nitrogen and oxygen atoms in total. The van der Waals surface area contributed by atoms with Gasteiger partial charge in [-0.05, 0) is 13.8 Å². The summed E-state index contributed by atoms with van der Waals surface area (Å²) in [6, 6.07) is 0. The van der Waals surface area contributed by atoms with Crippen LogP contribution in [0.4, 0.5) is 13.2 Å². The fraction of sp³-hybridized carbons (Fsp3) is 0.273. The van der Waals surface area contributed by atoms with Crippen molar-refractivity contribution in [3.8, 4) is 5.95 Å². The van der Waals surface area contributed by atoms with E-state index in [-0.39, 0.29) is 5.95 Å². The molecule has 0 spiro atoms. The Balaban J connectivity index is 2.58. The molecule has 0 atom stereocenters. The molecule has 2 rings (SSSR count). The highest BCUT2D eigenvalue weighted by molar-refractivity contribution is 5.89. The van der Waals surface area contributed by atoms with Gasteiger partial charge in [-0.15, -0.1) is 5.10 Å². The molecule has 106 valence electrons. The largest absolute Gasteiger partial charge is 0.478 e.